The molecule has 8 nitrogen and oxygen atoms in total. The van der Waals surface area contributed by atoms with Crippen molar-refractivity contribution in [3.63, 3.8) is 0 Å². The summed E-state index contributed by atoms with van der Waals surface area (Å²) in [6, 6.07) is 21.2. The highest BCUT2D eigenvalue weighted by molar-refractivity contribution is 5.92. The fourth-order valence-electron chi connectivity index (χ4n) is 3.74. The second kappa shape index (κ2) is 11.2. The van der Waals surface area contributed by atoms with Crippen molar-refractivity contribution in [2.45, 2.75) is 13.0 Å². The number of methoxy groups -OCH3 is 1. The fourth-order valence-corrected chi connectivity index (χ4v) is 3.74. The van der Waals surface area contributed by atoms with E-state index in [-0.39, 0.29) is 30.6 Å². The lowest BCUT2D eigenvalue weighted by Crippen LogP contribution is -2.38. The summed E-state index contributed by atoms with van der Waals surface area (Å²) in [5.74, 6) is -0.104. The van der Waals surface area contributed by atoms with Gasteiger partial charge in [-0.2, -0.15) is 0 Å². The van der Waals surface area contributed by atoms with Crippen molar-refractivity contribution in [3.05, 3.63) is 89.5 Å². The van der Waals surface area contributed by atoms with Crippen LogP contribution in [0.5, 0.6) is 11.5 Å². The molecule has 4 rings (SSSR count). The number of nitrogens with one attached hydrogen (secondary N) is 1. The van der Waals surface area contributed by atoms with Gasteiger partial charge in [-0.25, -0.2) is 4.79 Å². The van der Waals surface area contributed by atoms with Crippen LogP contribution >= 0.6 is 0 Å². The number of carbonyl (C=O) groups excluding carboxylic acids is 3. The van der Waals surface area contributed by atoms with Gasteiger partial charge in [-0.15, -0.1) is 0 Å². The van der Waals surface area contributed by atoms with Crippen molar-refractivity contribution in [2.75, 3.05) is 32.2 Å². The summed E-state index contributed by atoms with van der Waals surface area (Å²) in [4.78, 5) is 38.7. The summed E-state index contributed by atoms with van der Waals surface area (Å²) in [6.07, 6.45) is 0.787. The SMILES string of the molecule is COc1cccc(NC(=O)COc2ccc(C(=O)OCC(=O)N3CCc4ccccc4C3)cc2)c1. The molecular formula is C27H26N2O6. The number of ether oxygens (including phenoxy) is 3. The van der Waals surface area contributed by atoms with Crippen LogP contribution in [0.3, 0.4) is 0 Å². The Morgan fingerprint density at radius 3 is 2.43 bits per heavy atom. The van der Waals surface area contributed by atoms with Gasteiger partial charge in [0, 0.05) is 24.8 Å². The van der Waals surface area contributed by atoms with Gasteiger partial charge in [0.2, 0.25) is 0 Å². The highest BCUT2D eigenvalue weighted by Crippen LogP contribution is 2.19. The molecule has 0 aromatic heterocycles. The number of hydrogen-bond acceptors (Lipinski definition) is 6. The van der Waals surface area contributed by atoms with E-state index in [1.165, 1.54) is 17.7 Å². The Balaban J connectivity index is 1.22. The number of amides is 2. The molecule has 0 spiro atoms. The van der Waals surface area contributed by atoms with Gasteiger partial charge in [0.05, 0.1) is 12.7 Å². The third-order valence-electron chi connectivity index (χ3n) is 5.62. The second-order valence-corrected chi connectivity index (χ2v) is 8.00. The van der Waals surface area contributed by atoms with Crippen molar-refractivity contribution < 1.29 is 28.6 Å². The Morgan fingerprint density at radius 1 is 0.886 bits per heavy atom. The fraction of sp³-hybridized carbons (Fsp3) is 0.222. The minimum absolute atomic E-state index is 0.200. The molecule has 8 heteroatoms. The molecule has 1 aliphatic rings. The Morgan fingerprint density at radius 2 is 1.66 bits per heavy atom. The summed E-state index contributed by atoms with van der Waals surface area (Å²) in [5, 5.41) is 2.72. The van der Waals surface area contributed by atoms with Crippen molar-refractivity contribution in [3.8, 4) is 11.5 Å². The molecule has 0 saturated heterocycles. The van der Waals surface area contributed by atoms with E-state index in [9.17, 15) is 14.4 Å². The van der Waals surface area contributed by atoms with Crippen LogP contribution in [-0.2, 0) is 27.3 Å². The van der Waals surface area contributed by atoms with E-state index < -0.39 is 5.97 Å². The highest BCUT2D eigenvalue weighted by Gasteiger charge is 2.21. The average Bonchev–Trinajstić information content (AvgIpc) is 2.90. The molecule has 0 atom stereocenters. The molecule has 1 N–H and O–H groups in total. The van der Waals surface area contributed by atoms with Crippen molar-refractivity contribution >= 4 is 23.5 Å². The number of hydrogen-bond donors (Lipinski definition) is 1. The second-order valence-electron chi connectivity index (χ2n) is 8.00. The molecule has 1 aliphatic heterocycles. The van der Waals surface area contributed by atoms with E-state index in [4.69, 9.17) is 14.2 Å². The summed E-state index contributed by atoms with van der Waals surface area (Å²) in [5.41, 5.74) is 3.24. The quantitative estimate of drug-likeness (QED) is 0.503. The molecule has 0 aliphatic carbocycles. The Hall–Kier alpha value is -4.33. The van der Waals surface area contributed by atoms with E-state index in [1.54, 1.807) is 48.4 Å². The molecular weight excluding hydrogens is 448 g/mol. The number of esters is 1. The number of fused-ring (bicyclic) bond motifs is 1. The first-order valence-electron chi connectivity index (χ1n) is 11.2. The van der Waals surface area contributed by atoms with E-state index in [0.717, 1.165) is 12.0 Å². The maximum Gasteiger partial charge on any atom is 0.338 e. The van der Waals surface area contributed by atoms with Gasteiger partial charge in [0.1, 0.15) is 11.5 Å². The average molecular weight is 475 g/mol. The zero-order chi connectivity index (χ0) is 24.6. The third-order valence-corrected chi connectivity index (χ3v) is 5.62. The zero-order valence-corrected chi connectivity index (χ0v) is 19.4. The molecule has 180 valence electrons. The van der Waals surface area contributed by atoms with E-state index >= 15 is 0 Å². The van der Waals surface area contributed by atoms with Crippen LogP contribution in [0.1, 0.15) is 21.5 Å². The predicted molar refractivity (Wildman–Crippen MR) is 129 cm³/mol. The van der Waals surface area contributed by atoms with Crippen LogP contribution in [0.2, 0.25) is 0 Å². The van der Waals surface area contributed by atoms with Crippen LogP contribution in [-0.4, -0.2) is 49.6 Å². The van der Waals surface area contributed by atoms with Crippen LogP contribution in [0.4, 0.5) is 5.69 Å². The zero-order valence-electron chi connectivity index (χ0n) is 19.4. The number of benzene rings is 3. The lowest BCUT2D eigenvalue weighted by Gasteiger charge is -2.28. The van der Waals surface area contributed by atoms with E-state index in [1.807, 2.05) is 18.2 Å². The van der Waals surface area contributed by atoms with E-state index in [0.29, 0.717) is 30.3 Å². The molecule has 0 radical (unpaired) electrons. The Labute approximate surface area is 203 Å². The van der Waals surface area contributed by atoms with Crippen molar-refractivity contribution in [2.24, 2.45) is 0 Å². The molecule has 0 unspecified atom stereocenters. The van der Waals surface area contributed by atoms with Gasteiger partial charge < -0.3 is 24.4 Å². The van der Waals surface area contributed by atoms with Crippen LogP contribution < -0.4 is 14.8 Å². The minimum atomic E-state index is -0.599. The molecule has 3 aromatic carbocycles. The van der Waals surface area contributed by atoms with Gasteiger partial charge in [-0.1, -0.05) is 30.3 Å². The molecule has 0 saturated carbocycles. The molecule has 0 fully saturated rings. The predicted octanol–water partition coefficient (Wildman–Crippen LogP) is 3.45. The summed E-state index contributed by atoms with van der Waals surface area (Å²) < 4.78 is 15.8. The van der Waals surface area contributed by atoms with Gasteiger partial charge >= 0.3 is 5.97 Å². The molecule has 3 aromatic rings. The molecule has 1 heterocycles. The van der Waals surface area contributed by atoms with Crippen molar-refractivity contribution in [1.29, 1.82) is 0 Å². The number of anilines is 1. The standard InChI is InChI=1S/C27H26N2O6/c1-33-24-8-4-7-22(15-24)28-25(30)17-34-23-11-9-20(10-12-23)27(32)35-18-26(31)29-14-13-19-5-2-3-6-21(19)16-29/h2-12,15H,13-14,16-18H2,1H3,(H,28,30). The third kappa shape index (κ3) is 6.38. The summed E-state index contributed by atoms with van der Waals surface area (Å²) in [6.45, 7) is 0.604. The first-order valence-corrected chi connectivity index (χ1v) is 11.2. The molecule has 35 heavy (non-hydrogen) atoms. The maximum absolute atomic E-state index is 12.5. The highest BCUT2D eigenvalue weighted by atomic mass is 16.5. The first-order chi connectivity index (χ1) is 17.0. The smallest absolute Gasteiger partial charge is 0.338 e. The summed E-state index contributed by atoms with van der Waals surface area (Å²) >= 11 is 0. The Kier molecular flexibility index (Phi) is 7.62. The largest absolute Gasteiger partial charge is 0.497 e. The van der Waals surface area contributed by atoms with Gasteiger partial charge in [0.15, 0.2) is 13.2 Å². The Bertz CT molecular complexity index is 1210. The van der Waals surface area contributed by atoms with Crippen molar-refractivity contribution in [1.82, 2.24) is 4.90 Å². The molecule has 0 bridgehead atoms. The van der Waals surface area contributed by atoms with Crippen LogP contribution in [0.25, 0.3) is 0 Å². The maximum atomic E-state index is 12.5. The molecule has 2 amide bonds. The van der Waals surface area contributed by atoms with Gasteiger partial charge in [-0.05, 0) is 53.9 Å². The van der Waals surface area contributed by atoms with Gasteiger partial charge in [-0.3, -0.25) is 9.59 Å². The van der Waals surface area contributed by atoms with Gasteiger partial charge in [0.25, 0.3) is 11.8 Å². The monoisotopic (exact) mass is 474 g/mol. The minimum Gasteiger partial charge on any atom is -0.497 e. The lowest BCUT2D eigenvalue weighted by atomic mass is 10.00. The number of nitrogens with zero attached hydrogens (tertiary/aromatic N) is 1. The number of rotatable bonds is 8. The van der Waals surface area contributed by atoms with Crippen LogP contribution in [0.15, 0.2) is 72.8 Å². The normalized spacial score (nSPS) is 12.3. The topological polar surface area (TPSA) is 94.2 Å². The first kappa shape index (κ1) is 23.8. The summed E-state index contributed by atoms with van der Waals surface area (Å²) in [7, 11) is 1.55. The van der Waals surface area contributed by atoms with E-state index in [2.05, 4.69) is 11.4 Å². The lowest BCUT2D eigenvalue weighted by molar-refractivity contribution is -0.135. The number of carbonyl (C=O) groups is 3. The van der Waals surface area contributed by atoms with Crippen LogP contribution in [0, 0.1) is 0 Å².